The fourth-order valence-corrected chi connectivity index (χ4v) is 1.99. The number of nitrogens with one attached hydrogen (secondary N) is 1. The maximum absolute atomic E-state index is 14.0. The van der Waals surface area contributed by atoms with Crippen LogP contribution in [0.1, 0.15) is 32.5 Å². The average molecular weight is 294 g/mol. The molecular weight excluding hydrogens is 277 g/mol. The lowest BCUT2D eigenvalue weighted by Gasteiger charge is -2.11. The Labute approximate surface area is 123 Å². The third kappa shape index (κ3) is 3.25. The van der Waals surface area contributed by atoms with Gasteiger partial charge in [0, 0.05) is 29.1 Å². The highest BCUT2D eigenvalue weighted by atomic mass is 35.5. The minimum atomic E-state index is -0.381. The Bertz CT molecular complexity index is 614. The van der Waals surface area contributed by atoms with Crippen molar-refractivity contribution in [3.05, 3.63) is 40.9 Å². The number of aromatic nitrogens is 2. The lowest BCUT2D eigenvalue weighted by atomic mass is 10.1. The minimum absolute atomic E-state index is 0.169. The van der Waals surface area contributed by atoms with Gasteiger partial charge in [-0.25, -0.2) is 14.4 Å². The number of nitrogens with zero attached hydrogens (tertiary/aromatic N) is 2. The largest absolute Gasteiger partial charge is 0.370 e. The van der Waals surface area contributed by atoms with Crippen molar-refractivity contribution in [1.29, 1.82) is 0 Å². The standard InChI is InChI=1S/C15H17ClFN3/c1-4-18-14-8-13(19-15(20-14)9(2)3)11-6-5-10(16)7-12(11)17/h5-9H,4H2,1-3H3,(H,18,19,20). The monoisotopic (exact) mass is 293 g/mol. The molecule has 1 N–H and O–H groups in total. The molecule has 20 heavy (non-hydrogen) atoms. The first-order valence-corrected chi connectivity index (χ1v) is 6.97. The number of hydrogen-bond acceptors (Lipinski definition) is 3. The first kappa shape index (κ1) is 14.7. The molecule has 0 unspecified atom stereocenters. The zero-order valence-corrected chi connectivity index (χ0v) is 12.5. The maximum Gasteiger partial charge on any atom is 0.134 e. The summed E-state index contributed by atoms with van der Waals surface area (Å²) in [6.07, 6.45) is 0. The molecule has 0 atom stereocenters. The molecule has 1 heterocycles. The van der Waals surface area contributed by atoms with Gasteiger partial charge in [-0.15, -0.1) is 0 Å². The molecule has 0 amide bonds. The number of halogens is 2. The Morgan fingerprint density at radius 2 is 2.00 bits per heavy atom. The second kappa shape index (κ2) is 6.18. The fraction of sp³-hybridized carbons (Fsp3) is 0.333. The van der Waals surface area contributed by atoms with E-state index in [0.29, 0.717) is 27.9 Å². The summed E-state index contributed by atoms with van der Waals surface area (Å²) in [5.74, 6) is 1.18. The van der Waals surface area contributed by atoms with Gasteiger partial charge in [-0.05, 0) is 25.1 Å². The molecule has 2 rings (SSSR count). The van der Waals surface area contributed by atoms with Gasteiger partial charge < -0.3 is 5.32 Å². The highest BCUT2D eigenvalue weighted by Crippen LogP contribution is 2.26. The molecule has 1 aromatic carbocycles. The van der Waals surface area contributed by atoms with Gasteiger partial charge in [0.2, 0.25) is 0 Å². The molecule has 0 aliphatic carbocycles. The van der Waals surface area contributed by atoms with Crippen molar-refractivity contribution in [2.75, 3.05) is 11.9 Å². The van der Waals surface area contributed by atoms with E-state index in [9.17, 15) is 4.39 Å². The molecule has 1 aromatic heterocycles. The van der Waals surface area contributed by atoms with Gasteiger partial charge in [0.1, 0.15) is 17.5 Å². The first-order valence-electron chi connectivity index (χ1n) is 6.59. The summed E-state index contributed by atoms with van der Waals surface area (Å²) in [6, 6.07) is 6.34. The molecule has 0 fully saturated rings. The van der Waals surface area contributed by atoms with Crippen LogP contribution in [0.2, 0.25) is 5.02 Å². The summed E-state index contributed by atoms with van der Waals surface area (Å²) in [7, 11) is 0. The second-order valence-corrected chi connectivity index (χ2v) is 5.24. The number of benzene rings is 1. The molecule has 106 valence electrons. The van der Waals surface area contributed by atoms with E-state index in [1.165, 1.54) is 6.07 Å². The average Bonchev–Trinajstić information content (AvgIpc) is 2.38. The van der Waals surface area contributed by atoms with Crippen LogP contribution in [0.4, 0.5) is 10.2 Å². The molecule has 5 heteroatoms. The molecule has 3 nitrogen and oxygen atoms in total. The van der Waals surface area contributed by atoms with Gasteiger partial charge in [-0.1, -0.05) is 25.4 Å². The fourth-order valence-electron chi connectivity index (χ4n) is 1.83. The Balaban J connectivity index is 2.54. The molecule has 0 saturated heterocycles. The maximum atomic E-state index is 14.0. The summed E-state index contributed by atoms with van der Waals surface area (Å²) in [6.45, 7) is 6.75. The number of anilines is 1. The Hall–Kier alpha value is -1.68. The summed E-state index contributed by atoms with van der Waals surface area (Å²) < 4.78 is 14.0. The third-order valence-electron chi connectivity index (χ3n) is 2.82. The quantitative estimate of drug-likeness (QED) is 0.902. The molecule has 2 aromatic rings. The Morgan fingerprint density at radius 1 is 1.25 bits per heavy atom. The normalized spacial score (nSPS) is 10.9. The topological polar surface area (TPSA) is 37.8 Å². The highest BCUT2D eigenvalue weighted by molar-refractivity contribution is 6.30. The van der Waals surface area contributed by atoms with Crippen LogP contribution in [0.3, 0.4) is 0 Å². The van der Waals surface area contributed by atoms with Gasteiger partial charge in [0.25, 0.3) is 0 Å². The van der Waals surface area contributed by atoms with E-state index in [1.807, 2.05) is 20.8 Å². The van der Waals surface area contributed by atoms with Gasteiger partial charge in [-0.3, -0.25) is 0 Å². The molecule has 0 aliphatic heterocycles. The highest BCUT2D eigenvalue weighted by Gasteiger charge is 2.12. The van der Waals surface area contributed by atoms with Crippen LogP contribution in [0, 0.1) is 5.82 Å². The third-order valence-corrected chi connectivity index (χ3v) is 3.06. The van der Waals surface area contributed by atoms with E-state index in [1.54, 1.807) is 18.2 Å². The van der Waals surface area contributed by atoms with Crippen LogP contribution in [-0.4, -0.2) is 16.5 Å². The second-order valence-electron chi connectivity index (χ2n) is 4.81. The summed E-state index contributed by atoms with van der Waals surface area (Å²) in [5.41, 5.74) is 0.992. The SMILES string of the molecule is CCNc1cc(-c2ccc(Cl)cc2F)nc(C(C)C)n1. The van der Waals surface area contributed by atoms with E-state index in [4.69, 9.17) is 11.6 Å². The van der Waals surface area contributed by atoms with Crippen molar-refractivity contribution in [3.63, 3.8) is 0 Å². The smallest absolute Gasteiger partial charge is 0.134 e. The lowest BCUT2D eigenvalue weighted by molar-refractivity contribution is 0.630. The van der Waals surface area contributed by atoms with E-state index in [0.717, 1.165) is 6.54 Å². The molecule has 0 saturated carbocycles. The minimum Gasteiger partial charge on any atom is -0.370 e. The summed E-state index contributed by atoms with van der Waals surface area (Å²) in [4.78, 5) is 8.87. The van der Waals surface area contributed by atoms with E-state index in [2.05, 4.69) is 15.3 Å². The number of hydrogen-bond donors (Lipinski definition) is 1. The molecule has 0 spiro atoms. The Morgan fingerprint density at radius 3 is 2.60 bits per heavy atom. The van der Waals surface area contributed by atoms with Crippen molar-refractivity contribution in [1.82, 2.24) is 9.97 Å². The van der Waals surface area contributed by atoms with Crippen LogP contribution in [-0.2, 0) is 0 Å². The van der Waals surface area contributed by atoms with Crippen LogP contribution >= 0.6 is 11.6 Å². The summed E-state index contributed by atoms with van der Waals surface area (Å²) in [5, 5.41) is 3.52. The predicted octanol–water partition coefficient (Wildman–Crippen LogP) is 4.49. The van der Waals surface area contributed by atoms with Crippen LogP contribution in [0.25, 0.3) is 11.3 Å². The first-order chi connectivity index (χ1) is 9.51. The van der Waals surface area contributed by atoms with E-state index < -0.39 is 0 Å². The van der Waals surface area contributed by atoms with Gasteiger partial charge in [-0.2, -0.15) is 0 Å². The van der Waals surface area contributed by atoms with Crippen molar-refractivity contribution in [3.8, 4) is 11.3 Å². The summed E-state index contributed by atoms with van der Waals surface area (Å²) >= 11 is 5.78. The van der Waals surface area contributed by atoms with Crippen molar-refractivity contribution >= 4 is 17.4 Å². The van der Waals surface area contributed by atoms with Gasteiger partial charge in [0.05, 0.1) is 5.69 Å². The van der Waals surface area contributed by atoms with Crippen molar-refractivity contribution < 1.29 is 4.39 Å². The molecule has 0 bridgehead atoms. The zero-order valence-electron chi connectivity index (χ0n) is 11.7. The zero-order chi connectivity index (χ0) is 14.7. The van der Waals surface area contributed by atoms with Crippen molar-refractivity contribution in [2.45, 2.75) is 26.7 Å². The van der Waals surface area contributed by atoms with Gasteiger partial charge >= 0.3 is 0 Å². The van der Waals surface area contributed by atoms with Gasteiger partial charge in [0.15, 0.2) is 0 Å². The van der Waals surface area contributed by atoms with E-state index in [-0.39, 0.29) is 11.7 Å². The van der Waals surface area contributed by atoms with Crippen LogP contribution in [0.5, 0.6) is 0 Å². The van der Waals surface area contributed by atoms with Crippen LogP contribution in [0.15, 0.2) is 24.3 Å². The lowest BCUT2D eigenvalue weighted by Crippen LogP contribution is -2.06. The van der Waals surface area contributed by atoms with Crippen LogP contribution < -0.4 is 5.32 Å². The predicted molar refractivity (Wildman–Crippen MR) is 80.7 cm³/mol. The molecule has 0 radical (unpaired) electrons. The van der Waals surface area contributed by atoms with E-state index >= 15 is 0 Å². The molecule has 0 aliphatic rings. The molecular formula is C15H17ClFN3. The Kier molecular flexibility index (Phi) is 4.55. The van der Waals surface area contributed by atoms with Crippen molar-refractivity contribution in [2.24, 2.45) is 0 Å². The number of rotatable bonds is 4.